The first kappa shape index (κ1) is 28.2. The van der Waals surface area contributed by atoms with Gasteiger partial charge in [-0.1, -0.05) is 0 Å². The number of hydrogen-bond donors (Lipinski definition) is 4. The lowest BCUT2D eigenvalue weighted by Crippen LogP contribution is -2.30. The molecule has 3 aromatic heterocycles. The fraction of sp³-hybridized carbons (Fsp3) is 0.600. The number of ether oxygens (including phenoxy) is 4. The van der Waals surface area contributed by atoms with Crippen molar-refractivity contribution in [3.8, 4) is 0 Å². The van der Waals surface area contributed by atoms with Crippen LogP contribution in [0.2, 0.25) is 0 Å². The van der Waals surface area contributed by atoms with Gasteiger partial charge in [-0.2, -0.15) is 9.97 Å². The largest absolute Gasteiger partial charge is 0.472 e. The smallest absolute Gasteiger partial charge is 0.382 e. The van der Waals surface area contributed by atoms with Gasteiger partial charge in [0.15, 0.2) is 11.2 Å². The van der Waals surface area contributed by atoms with Gasteiger partial charge < -0.3 is 35.3 Å². The lowest BCUT2D eigenvalue weighted by molar-refractivity contribution is -0.0642. The summed E-state index contributed by atoms with van der Waals surface area (Å²) in [6.07, 6.45) is -1.83. The minimum Gasteiger partial charge on any atom is -0.382 e. The van der Waals surface area contributed by atoms with Crippen LogP contribution < -0.4 is 22.7 Å². The zero-order valence-electron chi connectivity index (χ0n) is 21.4. The molecule has 2 aliphatic rings. The van der Waals surface area contributed by atoms with Gasteiger partial charge in [0.25, 0.3) is 5.56 Å². The van der Waals surface area contributed by atoms with Crippen LogP contribution in [0.1, 0.15) is 25.3 Å². The van der Waals surface area contributed by atoms with Crippen LogP contribution in [0.5, 0.6) is 0 Å². The highest BCUT2D eigenvalue weighted by molar-refractivity contribution is 7.47. The highest BCUT2D eigenvalue weighted by atomic mass is 31.2. The van der Waals surface area contributed by atoms with Crippen molar-refractivity contribution >= 4 is 30.9 Å². The summed E-state index contributed by atoms with van der Waals surface area (Å²) < 4.78 is 48.6. The van der Waals surface area contributed by atoms with Gasteiger partial charge in [-0.05, 0) is 0 Å². The number of fused-ring (bicyclic) bond motifs is 1. The molecule has 0 saturated carbocycles. The Morgan fingerprint density at radius 2 is 1.73 bits per heavy atom. The first-order valence-electron chi connectivity index (χ1n) is 12.0. The van der Waals surface area contributed by atoms with Crippen LogP contribution in [0.25, 0.3) is 11.2 Å². The number of nitrogens with two attached hydrogens (primary N) is 2. The Morgan fingerprint density at radius 3 is 2.42 bits per heavy atom. The third-order valence-electron chi connectivity index (χ3n) is 6.48. The Labute approximate surface area is 225 Å². The number of phosphoric ester groups is 1. The molecule has 3 aromatic rings. The molecule has 40 heavy (non-hydrogen) atoms. The van der Waals surface area contributed by atoms with Crippen LogP contribution in [-0.4, -0.2) is 90.8 Å². The second-order valence-corrected chi connectivity index (χ2v) is 10.5. The highest BCUT2D eigenvalue weighted by Gasteiger charge is 2.44. The summed E-state index contributed by atoms with van der Waals surface area (Å²) in [5, 5.41) is 0. The zero-order chi connectivity index (χ0) is 28.6. The van der Waals surface area contributed by atoms with Crippen molar-refractivity contribution in [1.82, 2.24) is 34.1 Å². The van der Waals surface area contributed by atoms with E-state index in [9.17, 15) is 19.0 Å². The number of aromatic nitrogens is 7. The minimum atomic E-state index is -4.67. The van der Waals surface area contributed by atoms with Gasteiger partial charge in [-0.25, -0.2) is 19.3 Å². The maximum Gasteiger partial charge on any atom is 0.472 e. The van der Waals surface area contributed by atoms with E-state index in [1.165, 1.54) is 31.4 Å². The monoisotopic (exact) mass is 585 g/mol. The third kappa shape index (κ3) is 5.77. The van der Waals surface area contributed by atoms with Crippen molar-refractivity contribution in [2.24, 2.45) is 0 Å². The molecule has 0 aliphatic carbocycles. The van der Waals surface area contributed by atoms with E-state index in [-0.39, 0.29) is 42.7 Å². The fourth-order valence-electron chi connectivity index (χ4n) is 4.64. The van der Waals surface area contributed by atoms with E-state index in [4.69, 9.17) is 39.5 Å². The highest BCUT2D eigenvalue weighted by Crippen LogP contribution is 2.49. The Morgan fingerprint density at radius 1 is 1.05 bits per heavy atom. The van der Waals surface area contributed by atoms with E-state index < -0.39 is 55.9 Å². The van der Waals surface area contributed by atoms with E-state index in [0.29, 0.717) is 6.42 Å². The molecule has 19 nitrogen and oxygen atoms in total. The van der Waals surface area contributed by atoms with Crippen LogP contribution in [0, 0.1) is 0 Å². The van der Waals surface area contributed by atoms with Crippen molar-refractivity contribution in [3.63, 3.8) is 0 Å². The SMILES string of the molecule is COCC1O[C@@H](n2cnc(N)nc2=O)C[C@H]1OP(=O)(O)OCC1O[C@@H](n2cnc3c(=O)[nH]c(N)nc32)C[C@H]1OC. The number of aromatic amines is 1. The number of rotatable bonds is 10. The number of nitrogen functional groups attached to an aromatic ring is 2. The lowest BCUT2D eigenvalue weighted by atomic mass is 10.2. The maximum atomic E-state index is 12.9. The molecule has 0 radical (unpaired) electrons. The molecule has 3 unspecified atom stereocenters. The van der Waals surface area contributed by atoms with Gasteiger partial charge in [-0.3, -0.25) is 28.0 Å². The minimum absolute atomic E-state index is 0.000780. The number of H-pyrrole nitrogens is 1. The van der Waals surface area contributed by atoms with Crippen molar-refractivity contribution in [2.75, 3.05) is 38.9 Å². The second-order valence-electron chi connectivity index (χ2n) is 9.05. The molecule has 218 valence electrons. The standard InChI is InChI=1S/C20H28N9O10P/c1-34-5-11-10(4-14(37-11)29-8-24-18(21)27-20(29)31)39-40(32,33)36-6-12-9(35-2)3-13(38-12)28-7-23-15-16(28)25-19(22)26-17(15)30/h7-14H,3-6H2,1-2H3,(H,32,33)(H2,21,27,31)(H3,22,25,26,30)/t9-,10-,11?,12?,13-,14-/m1/s1. The molecular formula is C20H28N9O10P. The van der Waals surface area contributed by atoms with Gasteiger partial charge in [0, 0.05) is 27.1 Å². The van der Waals surface area contributed by atoms with Gasteiger partial charge in [0.2, 0.25) is 11.9 Å². The van der Waals surface area contributed by atoms with E-state index in [2.05, 4.69) is 24.9 Å². The molecular weight excluding hydrogens is 557 g/mol. The topological polar surface area (TPSA) is 256 Å². The van der Waals surface area contributed by atoms with Gasteiger partial charge in [0.05, 0.1) is 25.6 Å². The summed E-state index contributed by atoms with van der Waals surface area (Å²) in [5.74, 6) is -0.285. The maximum absolute atomic E-state index is 12.9. The molecule has 2 aliphatic heterocycles. The summed E-state index contributed by atoms with van der Waals surface area (Å²) in [6, 6.07) is 0. The van der Waals surface area contributed by atoms with E-state index >= 15 is 0 Å². The molecule has 20 heteroatoms. The molecule has 2 saturated heterocycles. The van der Waals surface area contributed by atoms with Crippen LogP contribution in [0.4, 0.5) is 11.9 Å². The quantitative estimate of drug-likeness (QED) is 0.201. The average molecular weight is 585 g/mol. The number of methoxy groups -OCH3 is 2. The third-order valence-corrected chi connectivity index (χ3v) is 7.49. The molecule has 5 heterocycles. The second kappa shape index (κ2) is 11.3. The predicted octanol–water partition coefficient (Wildman–Crippen LogP) is -1.33. The Bertz CT molecular complexity index is 1530. The fourth-order valence-corrected chi connectivity index (χ4v) is 5.60. The Kier molecular flexibility index (Phi) is 7.98. The van der Waals surface area contributed by atoms with Crippen LogP contribution in [-0.2, 0) is 32.6 Å². The summed E-state index contributed by atoms with van der Waals surface area (Å²) in [7, 11) is -1.79. The molecule has 0 aromatic carbocycles. The summed E-state index contributed by atoms with van der Waals surface area (Å²) in [5.41, 5.74) is 10.2. The first-order valence-corrected chi connectivity index (χ1v) is 13.5. The first-order chi connectivity index (χ1) is 19.1. The van der Waals surface area contributed by atoms with Gasteiger partial charge >= 0.3 is 13.5 Å². The van der Waals surface area contributed by atoms with Crippen molar-refractivity contribution in [1.29, 1.82) is 0 Å². The Balaban J connectivity index is 1.25. The molecule has 6 N–H and O–H groups in total. The molecule has 0 amide bonds. The molecule has 0 bridgehead atoms. The summed E-state index contributed by atoms with van der Waals surface area (Å²) >= 11 is 0. The number of nitrogens with zero attached hydrogens (tertiary/aromatic N) is 6. The van der Waals surface area contributed by atoms with Crippen molar-refractivity contribution in [2.45, 2.75) is 49.7 Å². The van der Waals surface area contributed by atoms with Crippen molar-refractivity contribution < 1.29 is 37.5 Å². The number of anilines is 2. The molecule has 5 rings (SSSR count). The number of nitrogens with one attached hydrogen (secondary N) is 1. The number of phosphoric acid groups is 1. The molecule has 2 fully saturated rings. The van der Waals surface area contributed by atoms with Crippen LogP contribution in [0.3, 0.4) is 0 Å². The molecule has 7 atom stereocenters. The summed E-state index contributed by atoms with van der Waals surface area (Å²) in [4.78, 5) is 52.7. The van der Waals surface area contributed by atoms with Gasteiger partial charge in [-0.15, -0.1) is 0 Å². The van der Waals surface area contributed by atoms with Crippen molar-refractivity contribution in [3.05, 3.63) is 33.5 Å². The number of hydrogen-bond acceptors (Lipinski definition) is 15. The van der Waals surface area contributed by atoms with Gasteiger partial charge in [0.1, 0.15) is 37.1 Å². The van der Waals surface area contributed by atoms with E-state index in [1.54, 1.807) is 0 Å². The molecule has 0 spiro atoms. The number of imidazole rings is 1. The Hall–Kier alpha value is -3.29. The predicted molar refractivity (Wildman–Crippen MR) is 134 cm³/mol. The van der Waals surface area contributed by atoms with Crippen LogP contribution in [0.15, 0.2) is 22.2 Å². The van der Waals surface area contributed by atoms with E-state index in [1.807, 2.05) is 0 Å². The van der Waals surface area contributed by atoms with E-state index in [0.717, 1.165) is 4.57 Å². The normalized spacial score (nSPS) is 28.3. The summed E-state index contributed by atoms with van der Waals surface area (Å²) in [6.45, 7) is -0.367. The lowest BCUT2D eigenvalue weighted by Gasteiger charge is -2.23. The zero-order valence-corrected chi connectivity index (χ0v) is 22.2. The van der Waals surface area contributed by atoms with Crippen LogP contribution >= 0.6 is 7.82 Å². The average Bonchev–Trinajstić information content (AvgIpc) is 3.60.